The van der Waals surface area contributed by atoms with E-state index >= 15 is 0 Å². The summed E-state index contributed by atoms with van der Waals surface area (Å²) in [6.45, 7) is 4.94. The van der Waals surface area contributed by atoms with E-state index in [1.807, 2.05) is 6.92 Å². The van der Waals surface area contributed by atoms with Crippen molar-refractivity contribution in [3.05, 3.63) is 0 Å². The van der Waals surface area contributed by atoms with Gasteiger partial charge in [0.05, 0.1) is 0 Å². The highest BCUT2D eigenvalue weighted by Crippen LogP contribution is 2.25. The van der Waals surface area contributed by atoms with Gasteiger partial charge in [-0.3, -0.25) is 0 Å². The maximum atomic E-state index is 9.24. The molecular weight excluding hydrogens is 355 g/mol. The maximum absolute atomic E-state index is 9.24. The van der Waals surface area contributed by atoms with E-state index in [1.54, 1.807) is 0 Å². The summed E-state index contributed by atoms with van der Waals surface area (Å²) in [5.41, 5.74) is 0. The van der Waals surface area contributed by atoms with E-state index in [0.29, 0.717) is 13.0 Å². The molecule has 0 aliphatic heterocycles. The smallest absolute Gasteiger partial charge is 0.368 e. The molecular formula is C19H43O6P. The molecule has 0 radical (unpaired) electrons. The predicted molar refractivity (Wildman–Crippen MR) is 107 cm³/mol. The number of hydrogen-bond acceptors (Lipinski definition) is 3. The van der Waals surface area contributed by atoms with Crippen LogP contribution in [0.1, 0.15) is 110 Å². The monoisotopic (exact) mass is 398 g/mol. The van der Waals surface area contributed by atoms with Gasteiger partial charge in [-0.1, -0.05) is 97.3 Å². The van der Waals surface area contributed by atoms with Crippen molar-refractivity contribution in [3.63, 3.8) is 0 Å². The van der Waals surface area contributed by atoms with Crippen molar-refractivity contribution in [1.29, 1.82) is 0 Å². The molecule has 0 aromatic heterocycles. The first-order valence-corrected chi connectivity index (χ1v) is 12.0. The third-order valence-corrected chi connectivity index (χ3v) is 4.16. The van der Waals surface area contributed by atoms with Crippen LogP contribution in [0.25, 0.3) is 0 Å². The van der Waals surface area contributed by atoms with Gasteiger partial charge in [-0.2, -0.15) is 0 Å². The van der Waals surface area contributed by atoms with Crippen LogP contribution in [0.15, 0.2) is 0 Å². The van der Waals surface area contributed by atoms with Crippen LogP contribution in [0.2, 0.25) is 0 Å². The normalized spacial score (nSPS) is 12.5. The number of phosphoric acid groups is 1. The highest BCUT2D eigenvalue weighted by atomic mass is 31.2. The molecule has 1 atom stereocenters. The second-order valence-electron chi connectivity index (χ2n) is 6.84. The van der Waals surface area contributed by atoms with Crippen LogP contribution in [0.5, 0.6) is 0 Å². The van der Waals surface area contributed by atoms with E-state index < -0.39 is 14.1 Å². The third-order valence-electron chi connectivity index (χ3n) is 4.16. The van der Waals surface area contributed by atoms with E-state index in [-0.39, 0.29) is 0 Å². The molecule has 160 valence electrons. The molecule has 0 aliphatic rings. The van der Waals surface area contributed by atoms with Crippen molar-refractivity contribution in [1.82, 2.24) is 0 Å². The van der Waals surface area contributed by atoms with Gasteiger partial charge >= 0.3 is 7.82 Å². The summed E-state index contributed by atoms with van der Waals surface area (Å²) >= 11 is 0. The van der Waals surface area contributed by atoms with Crippen LogP contribution >= 0.6 is 7.82 Å². The molecule has 0 rings (SSSR count). The van der Waals surface area contributed by atoms with Gasteiger partial charge in [0.2, 0.25) is 0 Å². The SMILES string of the molecule is CCCCCCCCCCCCCCCCOC(O)CC.O=P(O)(O)O. The minimum absolute atomic E-state index is 0.549. The first-order valence-electron chi connectivity index (χ1n) is 10.4. The summed E-state index contributed by atoms with van der Waals surface area (Å²) < 4.78 is 14.1. The van der Waals surface area contributed by atoms with Gasteiger partial charge < -0.3 is 24.5 Å². The van der Waals surface area contributed by atoms with Crippen molar-refractivity contribution >= 4 is 7.82 Å². The lowest BCUT2D eigenvalue weighted by Crippen LogP contribution is -2.10. The Morgan fingerprint density at radius 1 is 0.692 bits per heavy atom. The van der Waals surface area contributed by atoms with E-state index in [9.17, 15) is 5.11 Å². The summed E-state index contributed by atoms with van der Waals surface area (Å²) in [5, 5.41) is 9.24. The maximum Gasteiger partial charge on any atom is 0.466 e. The molecule has 0 aromatic carbocycles. The van der Waals surface area contributed by atoms with Crippen LogP contribution in [-0.4, -0.2) is 32.7 Å². The Morgan fingerprint density at radius 2 is 1.00 bits per heavy atom. The molecule has 6 nitrogen and oxygen atoms in total. The Morgan fingerprint density at radius 3 is 1.31 bits per heavy atom. The summed E-state index contributed by atoms with van der Waals surface area (Å²) in [7, 11) is -4.64. The second kappa shape index (κ2) is 21.3. The molecule has 0 amide bonds. The highest BCUT2D eigenvalue weighted by Gasteiger charge is 2.00. The largest absolute Gasteiger partial charge is 0.466 e. The molecule has 7 heteroatoms. The number of aliphatic hydroxyl groups is 1. The Labute approximate surface area is 160 Å². The predicted octanol–water partition coefficient (Wildman–Crippen LogP) is 5.28. The van der Waals surface area contributed by atoms with Gasteiger partial charge in [0.25, 0.3) is 0 Å². The van der Waals surface area contributed by atoms with Gasteiger partial charge in [0.1, 0.15) is 0 Å². The molecule has 0 fully saturated rings. The van der Waals surface area contributed by atoms with Crippen molar-refractivity contribution in [2.45, 2.75) is 116 Å². The second-order valence-corrected chi connectivity index (χ2v) is 7.87. The molecule has 0 saturated carbocycles. The Bertz CT molecular complexity index is 300. The quantitative estimate of drug-likeness (QED) is 0.151. The van der Waals surface area contributed by atoms with Crippen LogP contribution in [0.4, 0.5) is 0 Å². The van der Waals surface area contributed by atoms with E-state index in [1.165, 1.54) is 83.5 Å². The average Bonchev–Trinajstić information content (AvgIpc) is 2.56. The van der Waals surface area contributed by atoms with E-state index in [2.05, 4.69) is 6.92 Å². The van der Waals surface area contributed by atoms with Gasteiger partial charge in [-0.05, 0) is 12.8 Å². The molecule has 4 N–H and O–H groups in total. The fourth-order valence-electron chi connectivity index (χ4n) is 2.63. The van der Waals surface area contributed by atoms with Crippen molar-refractivity contribution in [2.75, 3.05) is 6.61 Å². The average molecular weight is 399 g/mol. The zero-order valence-corrected chi connectivity index (χ0v) is 17.8. The van der Waals surface area contributed by atoms with Crippen LogP contribution < -0.4 is 0 Å². The van der Waals surface area contributed by atoms with Crippen LogP contribution in [0.3, 0.4) is 0 Å². The van der Waals surface area contributed by atoms with Crippen molar-refractivity contribution in [3.8, 4) is 0 Å². The van der Waals surface area contributed by atoms with Crippen LogP contribution in [0, 0.1) is 0 Å². The summed E-state index contributed by atoms with van der Waals surface area (Å²) in [6.07, 6.45) is 19.4. The molecule has 0 bridgehead atoms. The summed E-state index contributed by atoms with van der Waals surface area (Å²) in [4.78, 5) is 21.6. The number of hydrogen-bond donors (Lipinski definition) is 4. The molecule has 0 aromatic rings. The minimum Gasteiger partial charge on any atom is -0.368 e. The fraction of sp³-hybridized carbons (Fsp3) is 1.00. The van der Waals surface area contributed by atoms with Crippen LogP contribution in [-0.2, 0) is 9.30 Å². The number of aliphatic hydroxyl groups excluding tert-OH is 1. The molecule has 0 saturated heterocycles. The van der Waals surface area contributed by atoms with Gasteiger partial charge in [0, 0.05) is 6.61 Å². The minimum atomic E-state index is -4.64. The number of rotatable bonds is 17. The molecule has 0 spiro atoms. The lowest BCUT2D eigenvalue weighted by molar-refractivity contribution is -0.101. The molecule has 0 aliphatic carbocycles. The lowest BCUT2D eigenvalue weighted by Gasteiger charge is -2.08. The summed E-state index contributed by atoms with van der Waals surface area (Å²) in [6, 6.07) is 0. The first kappa shape index (κ1) is 28.2. The molecule has 1 unspecified atom stereocenters. The zero-order chi connectivity index (χ0) is 20.1. The highest BCUT2D eigenvalue weighted by molar-refractivity contribution is 7.45. The first-order chi connectivity index (χ1) is 12.3. The standard InChI is InChI=1S/C19H40O2.H3O4P/c1-3-5-6-7-8-9-10-11-12-13-14-15-16-17-18-21-19(20)4-2;1-5(2,3)4/h19-20H,3-18H2,1-2H3;(H3,1,2,3,4). The van der Waals surface area contributed by atoms with Crippen molar-refractivity contribution < 1.29 is 29.1 Å². The lowest BCUT2D eigenvalue weighted by atomic mass is 10.0. The Kier molecular flexibility index (Phi) is 23.2. The fourth-order valence-corrected chi connectivity index (χ4v) is 2.63. The Balaban J connectivity index is 0. The topological polar surface area (TPSA) is 107 Å². The molecule has 26 heavy (non-hydrogen) atoms. The van der Waals surface area contributed by atoms with E-state index in [4.69, 9.17) is 24.0 Å². The number of unbranched alkanes of at least 4 members (excludes halogenated alkanes) is 13. The zero-order valence-electron chi connectivity index (χ0n) is 16.9. The number of ether oxygens (including phenoxy) is 1. The Hall–Kier alpha value is 0.0300. The third kappa shape index (κ3) is 35.2. The van der Waals surface area contributed by atoms with Gasteiger partial charge in [-0.15, -0.1) is 0 Å². The van der Waals surface area contributed by atoms with E-state index in [0.717, 1.165) is 6.42 Å². The van der Waals surface area contributed by atoms with Gasteiger partial charge in [-0.25, -0.2) is 4.57 Å². The van der Waals surface area contributed by atoms with Crippen molar-refractivity contribution in [2.24, 2.45) is 0 Å². The summed E-state index contributed by atoms with van der Waals surface area (Å²) in [5.74, 6) is 0. The van der Waals surface area contributed by atoms with Gasteiger partial charge in [0.15, 0.2) is 6.29 Å². The molecule has 0 heterocycles.